The minimum atomic E-state index is 0.896. The van der Waals surface area contributed by atoms with Gasteiger partial charge in [-0.15, -0.1) is 0 Å². The maximum Gasteiger partial charge on any atom is 0.0297 e. The second-order valence-corrected chi connectivity index (χ2v) is 5.18. The summed E-state index contributed by atoms with van der Waals surface area (Å²) in [6.07, 6.45) is 5.79. The Hall–Kier alpha value is 0.180. The van der Waals surface area contributed by atoms with Crippen molar-refractivity contribution in [3.05, 3.63) is 11.1 Å². The van der Waals surface area contributed by atoms with Gasteiger partial charge in [0.15, 0.2) is 0 Å². The van der Waals surface area contributed by atoms with Crippen molar-refractivity contribution in [3.63, 3.8) is 0 Å². The molecule has 1 aliphatic heterocycles. The number of hydrogen-bond acceptors (Lipinski definition) is 1. The first-order valence-electron chi connectivity index (χ1n) is 4.84. The van der Waals surface area contributed by atoms with E-state index in [1.165, 1.54) is 32.2 Å². The first-order chi connectivity index (χ1) is 5.77. The molecule has 0 amide bonds. The van der Waals surface area contributed by atoms with Crippen molar-refractivity contribution in [1.29, 1.82) is 0 Å². The van der Waals surface area contributed by atoms with Crippen LogP contribution in [0.25, 0.3) is 0 Å². The van der Waals surface area contributed by atoms with Crippen LogP contribution < -0.4 is 0 Å². The van der Waals surface area contributed by atoms with Gasteiger partial charge in [0, 0.05) is 23.6 Å². The highest BCUT2D eigenvalue weighted by Gasteiger charge is 2.39. The molecule has 0 aromatic heterocycles. The van der Waals surface area contributed by atoms with Crippen molar-refractivity contribution in [3.8, 4) is 0 Å². The highest BCUT2D eigenvalue weighted by Crippen LogP contribution is 2.37. The van der Waals surface area contributed by atoms with Crippen LogP contribution in [0.3, 0.4) is 0 Å². The van der Waals surface area contributed by atoms with E-state index in [2.05, 4.69) is 27.4 Å². The van der Waals surface area contributed by atoms with E-state index in [1.807, 2.05) is 0 Å². The molecule has 1 nitrogen and oxygen atoms in total. The van der Waals surface area contributed by atoms with Crippen LogP contribution in [0.15, 0.2) is 11.1 Å². The first-order valence-corrected chi connectivity index (χ1v) is 5.64. The van der Waals surface area contributed by atoms with Crippen molar-refractivity contribution in [2.24, 2.45) is 5.92 Å². The predicted molar refractivity (Wildman–Crippen MR) is 55.4 cm³/mol. The lowest BCUT2D eigenvalue weighted by molar-refractivity contribution is -0.00473. The summed E-state index contributed by atoms with van der Waals surface area (Å²) in [5, 5.41) is 0. The largest absolute Gasteiger partial charge is 0.295 e. The Labute approximate surface area is 82.9 Å². The van der Waals surface area contributed by atoms with Gasteiger partial charge in [0.25, 0.3) is 0 Å². The molecule has 0 bridgehead atoms. The number of halogens is 1. The Morgan fingerprint density at radius 3 is 2.83 bits per heavy atom. The minimum Gasteiger partial charge on any atom is -0.295 e. The Morgan fingerprint density at radius 2 is 2.17 bits per heavy atom. The number of hydrogen-bond donors (Lipinski definition) is 0. The zero-order valence-electron chi connectivity index (χ0n) is 7.43. The summed E-state index contributed by atoms with van der Waals surface area (Å²) in [6, 6.07) is 0.896. The Bertz CT molecular complexity index is 190. The molecular weight excluding hydrogens is 214 g/mol. The molecule has 0 aromatic carbocycles. The van der Waals surface area contributed by atoms with Gasteiger partial charge >= 0.3 is 0 Å². The number of likely N-dealkylation sites (tertiary alicyclic amines) is 1. The maximum atomic E-state index is 3.89. The van der Waals surface area contributed by atoms with Crippen molar-refractivity contribution < 1.29 is 0 Å². The summed E-state index contributed by atoms with van der Waals surface area (Å²) in [6.45, 7) is 6.26. The zero-order chi connectivity index (χ0) is 8.55. The van der Waals surface area contributed by atoms with E-state index in [4.69, 9.17) is 0 Å². The van der Waals surface area contributed by atoms with Crippen molar-refractivity contribution in [1.82, 2.24) is 4.90 Å². The van der Waals surface area contributed by atoms with E-state index in [9.17, 15) is 0 Å². The Balaban J connectivity index is 1.84. The van der Waals surface area contributed by atoms with E-state index in [0.29, 0.717) is 0 Å². The van der Waals surface area contributed by atoms with Crippen LogP contribution in [0.1, 0.15) is 25.7 Å². The molecule has 68 valence electrons. The van der Waals surface area contributed by atoms with Crippen LogP contribution in [-0.4, -0.2) is 24.0 Å². The van der Waals surface area contributed by atoms with E-state index < -0.39 is 0 Å². The molecule has 2 aliphatic rings. The third-order valence-corrected chi connectivity index (χ3v) is 3.43. The quantitative estimate of drug-likeness (QED) is 0.705. The van der Waals surface area contributed by atoms with Crippen LogP contribution in [0, 0.1) is 5.92 Å². The molecule has 2 fully saturated rings. The summed E-state index contributed by atoms with van der Waals surface area (Å²) >= 11 is 3.43. The Kier molecular flexibility index (Phi) is 2.56. The van der Waals surface area contributed by atoms with Gasteiger partial charge < -0.3 is 0 Å². The molecule has 1 aliphatic carbocycles. The van der Waals surface area contributed by atoms with Gasteiger partial charge in [0.1, 0.15) is 0 Å². The topological polar surface area (TPSA) is 3.24 Å². The van der Waals surface area contributed by atoms with Crippen LogP contribution in [-0.2, 0) is 0 Å². The third-order valence-electron chi connectivity index (χ3n) is 3.18. The Morgan fingerprint density at radius 1 is 1.42 bits per heavy atom. The highest BCUT2D eigenvalue weighted by molar-refractivity contribution is 9.11. The van der Waals surface area contributed by atoms with E-state index in [1.54, 1.807) is 0 Å². The summed E-state index contributed by atoms with van der Waals surface area (Å²) in [5.74, 6) is 1.02. The lowest BCUT2D eigenvalue weighted by Gasteiger charge is -2.51. The lowest BCUT2D eigenvalue weighted by atomic mass is 9.77. The molecule has 1 saturated heterocycles. The molecule has 0 radical (unpaired) electrons. The van der Waals surface area contributed by atoms with Gasteiger partial charge in [-0.05, 0) is 18.8 Å². The molecule has 0 N–H and O–H groups in total. The summed E-state index contributed by atoms with van der Waals surface area (Å²) in [7, 11) is 0. The fourth-order valence-corrected chi connectivity index (χ4v) is 2.90. The SMILES string of the molecule is C=C(Br)CN1C[C@H]2CCCC[C@H]21. The van der Waals surface area contributed by atoms with Crippen LogP contribution in [0.5, 0.6) is 0 Å². The maximum absolute atomic E-state index is 3.89. The zero-order valence-corrected chi connectivity index (χ0v) is 9.02. The highest BCUT2D eigenvalue weighted by atomic mass is 79.9. The van der Waals surface area contributed by atoms with Gasteiger partial charge in [-0.3, -0.25) is 4.90 Å². The van der Waals surface area contributed by atoms with Gasteiger partial charge in [-0.1, -0.05) is 35.4 Å². The number of fused-ring (bicyclic) bond motifs is 1. The van der Waals surface area contributed by atoms with Gasteiger partial charge in [-0.25, -0.2) is 0 Å². The third kappa shape index (κ3) is 1.60. The average molecular weight is 230 g/mol. The smallest absolute Gasteiger partial charge is 0.0297 e. The van der Waals surface area contributed by atoms with Gasteiger partial charge in [0.2, 0.25) is 0 Å². The molecule has 12 heavy (non-hydrogen) atoms. The molecule has 0 unspecified atom stereocenters. The van der Waals surface area contributed by atoms with Gasteiger partial charge in [0.05, 0.1) is 0 Å². The van der Waals surface area contributed by atoms with Crippen molar-refractivity contribution in [2.75, 3.05) is 13.1 Å². The fraction of sp³-hybridized carbons (Fsp3) is 0.800. The van der Waals surface area contributed by atoms with Crippen molar-refractivity contribution >= 4 is 15.9 Å². The van der Waals surface area contributed by atoms with Crippen LogP contribution in [0.2, 0.25) is 0 Å². The molecular formula is C10H16BrN. The van der Waals surface area contributed by atoms with E-state index in [0.717, 1.165) is 23.0 Å². The predicted octanol–water partition coefficient (Wildman–Crippen LogP) is 2.77. The van der Waals surface area contributed by atoms with E-state index in [-0.39, 0.29) is 0 Å². The summed E-state index contributed by atoms with van der Waals surface area (Å²) in [5.41, 5.74) is 0. The number of nitrogens with zero attached hydrogens (tertiary/aromatic N) is 1. The molecule has 0 spiro atoms. The molecule has 2 rings (SSSR count). The normalized spacial score (nSPS) is 35.4. The molecule has 0 aromatic rings. The number of rotatable bonds is 2. The molecule has 2 atom stereocenters. The first kappa shape index (κ1) is 8.76. The standard InChI is InChI=1S/C10H16BrN/c1-8(11)6-12-7-9-4-2-3-5-10(9)12/h9-10H,1-7H2/t9-,10-/m1/s1. The second kappa shape index (κ2) is 3.51. The molecule has 1 saturated carbocycles. The van der Waals surface area contributed by atoms with Crippen LogP contribution in [0.4, 0.5) is 0 Å². The molecule has 2 heteroatoms. The summed E-state index contributed by atoms with van der Waals surface area (Å²) < 4.78 is 1.13. The average Bonchev–Trinajstić information content (AvgIpc) is 2.00. The van der Waals surface area contributed by atoms with Gasteiger partial charge in [-0.2, -0.15) is 0 Å². The second-order valence-electron chi connectivity index (χ2n) is 4.06. The van der Waals surface area contributed by atoms with E-state index >= 15 is 0 Å². The lowest BCUT2D eigenvalue weighted by Crippen LogP contribution is -2.57. The minimum absolute atomic E-state index is 0.896. The molecule has 1 heterocycles. The van der Waals surface area contributed by atoms with Crippen LogP contribution >= 0.6 is 15.9 Å². The van der Waals surface area contributed by atoms with Crippen molar-refractivity contribution in [2.45, 2.75) is 31.7 Å². The fourth-order valence-electron chi connectivity index (χ4n) is 2.58. The summed E-state index contributed by atoms with van der Waals surface area (Å²) in [4.78, 5) is 2.56. The monoisotopic (exact) mass is 229 g/mol.